The summed E-state index contributed by atoms with van der Waals surface area (Å²) in [6, 6.07) is 16.7. The molecule has 0 saturated carbocycles. The van der Waals surface area contributed by atoms with E-state index in [-0.39, 0.29) is 6.09 Å². The fraction of sp³-hybridized carbons (Fsp3) is 0.375. The maximum atomic E-state index is 12.3. The SMILES string of the molecule is CC(C)(C)OC(=O)N1CCN(Cc2ccc3nncc(-c4ccccc4)c3c2)CC1. The van der Waals surface area contributed by atoms with Gasteiger partial charge in [0, 0.05) is 43.7 Å². The van der Waals surface area contributed by atoms with Crippen molar-refractivity contribution in [1.29, 1.82) is 0 Å². The summed E-state index contributed by atoms with van der Waals surface area (Å²) in [5.74, 6) is 0. The lowest BCUT2D eigenvalue weighted by atomic mass is 10.0. The molecule has 0 aliphatic carbocycles. The molecule has 0 bridgehead atoms. The van der Waals surface area contributed by atoms with E-state index in [2.05, 4.69) is 39.4 Å². The molecule has 1 aromatic heterocycles. The van der Waals surface area contributed by atoms with Crippen LogP contribution in [0.3, 0.4) is 0 Å². The Hall–Kier alpha value is -2.99. The molecule has 1 saturated heterocycles. The van der Waals surface area contributed by atoms with E-state index in [0.29, 0.717) is 13.1 Å². The van der Waals surface area contributed by atoms with Gasteiger partial charge in [-0.25, -0.2) is 4.79 Å². The second kappa shape index (κ2) is 8.40. The molecule has 1 amide bonds. The molecular weight excluding hydrogens is 376 g/mol. The minimum absolute atomic E-state index is 0.223. The predicted molar refractivity (Wildman–Crippen MR) is 118 cm³/mol. The number of hydrogen-bond donors (Lipinski definition) is 0. The first kappa shape index (κ1) is 20.3. The number of rotatable bonds is 3. The highest BCUT2D eigenvalue weighted by Gasteiger charge is 2.25. The summed E-state index contributed by atoms with van der Waals surface area (Å²) in [6.07, 6.45) is 1.61. The number of ether oxygens (including phenoxy) is 1. The number of carbonyl (C=O) groups excluding carboxylic acids is 1. The molecule has 0 N–H and O–H groups in total. The lowest BCUT2D eigenvalue weighted by Gasteiger charge is -2.35. The standard InChI is InChI=1S/C24H28N4O2/c1-24(2,3)30-23(29)28-13-11-27(12-14-28)17-18-9-10-22-20(15-18)21(16-25-26-22)19-7-5-4-6-8-19/h4-10,15-16H,11-14,17H2,1-3H3. The third-order valence-corrected chi connectivity index (χ3v) is 5.22. The van der Waals surface area contributed by atoms with Crippen LogP contribution in [-0.2, 0) is 11.3 Å². The number of amides is 1. The van der Waals surface area contributed by atoms with Gasteiger partial charge in [-0.1, -0.05) is 36.4 Å². The molecule has 3 aromatic rings. The number of nitrogens with zero attached hydrogens (tertiary/aromatic N) is 4. The van der Waals surface area contributed by atoms with Crippen LogP contribution in [0.4, 0.5) is 4.79 Å². The number of benzene rings is 2. The molecule has 0 radical (unpaired) electrons. The zero-order valence-electron chi connectivity index (χ0n) is 17.8. The monoisotopic (exact) mass is 404 g/mol. The van der Waals surface area contributed by atoms with Gasteiger partial charge in [0.1, 0.15) is 5.60 Å². The average molecular weight is 405 g/mol. The van der Waals surface area contributed by atoms with Crippen LogP contribution in [0.15, 0.2) is 54.7 Å². The van der Waals surface area contributed by atoms with Gasteiger partial charge >= 0.3 is 6.09 Å². The van der Waals surface area contributed by atoms with Crippen molar-refractivity contribution in [2.24, 2.45) is 0 Å². The molecular formula is C24H28N4O2. The van der Waals surface area contributed by atoms with Crippen molar-refractivity contribution in [2.75, 3.05) is 26.2 Å². The Morgan fingerprint density at radius 2 is 1.77 bits per heavy atom. The third-order valence-electron chi connectivity index (χ3n) is 5.22. The molecule has 4 rings (SSSR count). The van der Waals surface area contributed by atoms with Crippen LogP contribution in [0.5, 0.6) is 0 Å². The average Bonchev–Trinajstić information content (AvgIpc) is 2.73. The second-order valence-corrected chi connectivity index (χ2v) is 8.72. The molecule has 2 heterocycles. The normalized spacial score (nSPS) is 15.4. The topological polar surface area (TPSA) is 58.6 Å². The zero-order valence-corrected chi connectivity index (χ0v) is 17.8. The van der Waals surface area contributed by atoms with E-state index in [4.69, 9.17) is 4.74 Å². The van der Waals surface area contributed by atoms with Crippen molar-refractivity contribution < 1.29 is 9.53 Å². The van der Waals surface area contributed by atoms with Gasteiger partial charge in [0.25, 0.3) is 0 Å². The van der Waals surface area contributed by atoms with Crippen molar-refractivity contribution in [1.82, 2.24) is 20.0 Å². The summed E-state index contributed by atoms with van der Waals surface area (Å²) in [5, 5.41) is 9.58. The smallest absolute Gasteiger partial charge is 0.410 e. The Kier molecular flexibility index (Phi) is 5.68. The van der Waals surface area contributed by atoms with Gasteiger partial charge in [0.15, 0.2) is 0 Å². The highest BCUT2D eigenvalue weighted by atomic mass is 16.6. The molecule has 30 heavy (non-hydrogen) atoms. The van der Waals surface area contributed by atoms with Crippen LogP contribution in [0.1, 0.15) is 26.3 Å². The quantitative estimate of drug-likeness (QED) is 0.650. The molecule has 6 nitrogen and oxygen atoms in total. The van der Waals surface area contributed by atoms with E-state index in [1.165, 1.54) is 5.56 Å². The van der Waals surface area contributed by atoms with Crippen LogP contribution in [0.25, 0.3) is 22.0 Å². The summed E-state index contributed by atoms with van der Waals surface area (Å²) in [5.41, 5.74) is 3.91. The summed E-state index contributed by atoms with van der Waals surface area (Å²) < 4.78 is 5.49. The van der Waals surface area contributed by atoms with Crippen molar-refractivity contribution in [2.45, 2.75) is 32.9 Å². The highest BCUT2D eigenvalue weighted by Crippen LogP contribution is 2.27. The van der Waals surface area contributed by atoms with Crippen LogP contribution in [0.2, 0.25) is 0 Å². The fourth-order valence-electron chi connectivity index (χ4n) is 3.72. The van der Waals surface area contributed by atoms with E-state index in [0.717, 1.165) is 41.7 Å². The molecule has 1 fully saturated rings. The van der Waals surface area contributed by atoms with Gasteiger partial charge in [-0.05, 0) is 44.0 Å². The van der Waals surface area contributed by atoms with Crippen LogP contribution in [0, 0.1) is 0 Å². The number of carbonyl (C=O) groups is 1. The number of aromatic nitrogens is 2. The van der Waals surface area contributed by atoms with Gasteiger partial charge in [-0.3, -0.25) is 4.90 Å². The molecule has 0 atom stereocenters. The minimum Gasteiger partial charge on any atom is -0.444 e. The van der Waals surface area contributed by atoms with Gasteiger partial charge < -0.3 is 9.64 Å². The molecule has 2 aromatic carbocycles. The number of fused-ring (bicyclic) bond motifs is 1. The number of hydrogen-bond acceptors (Lipinski definition) is 5. The Bertz CT molecular complexity index is 1020. The van der Waals surface area contributed by atoms with E-state index in [9.17, 15) is 4.79 Å². The predicted octanol–water partition coefficient (Wildman–Crippen LogP) is 4.35. The Morgan fingerprint density at radius 1 is 1.03 bits per heavy atom. The van der Waals surface area contributed by atoms with Gasteiger partial charge in [-0.15, -0.1) is 0 Å². The molecule has 156 valence electrons. The maximum absolute atomic E-state index is 12.3. The van der Waals surface area contributed by atoms with Crippen molar-refractivity contribution in [3.63, 3.8) is 0 Å². The van der Waals surface area contributed by atoms with Gasteiger partial charge in [0.2, 0.25) is 0 Å². The summed E-state index contributed by atoms with van der Waals surface area (Å²) in [4.78, 5) is 16.4. The van der Waals surface area contributed by atoms with Crippen LogP contribution < -0.4 is 0 Å². The molecule has 0 unspecified atom stereocenters. The fourth-order valence-corrected chi connectivity index (χ4v) is 3.72. The van der Waals surface area contributed by atoms with Gasteiger partial charge in [0.05, 0.1) is 11.7 Å². The van der Waals surface area contributed by atoms with Crippen LogP contribution >= 0.6 is 0 Å². The Balaban J connectivity index is 1.46. The van der Waals surface area contributed by atoms with E-state index >= 15 is 0 Å². The van der Waals surface area contributed by atoms with Crippen molar-refractivity contribution in [3.8, 4) is 11.1 Å². The first-order valence-electron chi connectivity index (χ1n) is 10.4. The zero-order chi connectivity index (χ0) is 21.1. The largest absolute Gasteiger partial charge is 0.444 e. The summed E-state index contributed by atoms with van der Waals surface area (Å²) in [7, 11) is 0. The summed E-state index contributed by atoms with van der Waals surface area (Å²) in [6.45, 7) is 9.56. The Labute approximate surface area is 177 Å². The third kappa shape index (κ3) is 4.76. The van der Waals surface area contributed by atoms with Gasteiger partial charge in [-0.2, -0.15) is 10.2 Å². The number of piperazine rings is 1. The van der Waals surface area contributed by atoms with Crippen LogP contribution in [-0.4, -0.2) is 57.9 Å². The molecule has 0 spiro atoms. The van der Waals surface area contributed by atoms with E-state index in [1.54, 1.807) is 4.90 Å². The molecule has 1 aliphatic rings. The van der Waals surface area contributed by atoms with E-state index in [1.807, 2.05) is 51.2 Å². The Morgan fingerprint density at radius 3 is 2.47 bits per heavy atom. The molecule has 6 heteroatoms. The lowest BCUT2D eigenvalue weighted by Crippen LogP contribution is -2.49. The summed E-state index contributed by atoms with van der Waals surface area (Å²) >= 11 is 0. The highest BCUT2D eigenvalue weighted by molar-refractivity contribution is 5.94. The second-order valence-electron chi connectivity index (χ2n) is 8.72. The lowest BCUT2D eigenvalue weighted by molar-refractivity contribution is 0.0139. The molecule has 1 aliphatic heterocycles. The first-order chi connectivity index (χ1) is 14.4. The first-order valence-corrected chi connectivity index (χ1v) is 10.4. The van der Waals surface area contributed by atoms with Crippen molar-refractivity contribution >= 4 is 17.0 Å². The van der Waals surface area contributed by atoms with Crippen molar-refractivity contribution in [3.05, 3.63) is 60.3 Å². The van der Waals surface area contributed by atoms with E-state index < -0.39 is 5.60 Å². The minimum atomic E-state index is -0.460. The maximum Gasteiger partial charge on any atom is 0.410 e.